The first-order chi connectivity index (χ1) is 9.70. The Morgan fingerprint density at radius 2 is 2.20 bits per heavy atom. The van der Waals surface area contributed by atoms with Crippen molar-refractivity contribution < 1.29 is 9.53 Å². The lowest BCUT2D eigenvalue weighted by Crippen LogP contribution is -2.25. The van der Waals surface area contributed by atoms with Crippen molar-refractivity contribution in [1.82, 2.24) is 15.1 Å². The molecule has 2 aromatic rings. The van der Waals surface area contributed by atoms with E-state index in [9.17, 15) is 4.79 Å². The second kappa shape index (κ2) is 6.75. The molecule has 1 aromatic carbocycles. The zero-order chi connectivity index (χ0) is 14.4. The Morgan fingerprint density at radius 1 is 1.40 bits per heavy atom. The van der Waals surface area contributed by atoms with Gasteiger partial charge in [0.15, 0.2) is 0 Å². The van der Waals surface area contributed by atoms with E-state index in [2.05, 4.69) is 10.4 Å². The van der Waals surface area contributed by atoms with E-state index in [4.69, 9.17) is 4.74 Å². The van der Waals surface area contributed by atoms with Crippen molar-refractivity contribution in [2.45, 2.75) is 25.9 Å². The van der Waals surface area contributed by atoms with Gasteiger partial charge in [0.2, 0.25) is 5.91 Å². The van der Waals surface area contributed by atoms with Gasteiger partial charge in [-0.05, 0) is 19.1 Å². The van der Waals surface area contributed by atoms with Crippen LogP contribution in [0, 0.1) is 0 Å². The summed E-state index contributed by atoms with van der Waals surface area (Å²) in [5.41, 5.74) is 0.968. The molecule has 5 nitrogen and oxygen atoms in total. The number of nitrogens with zero attached hydrogens (tertiary/aromatic N) is 2. The average molecular weight is 273 g/mol. The molecule has 0 radical (unpaired) electrons. The van der Waals surface area contributed by atoms with Crippen molar-refractivity contribution in [3.8, 4) is 5.75 Å². The number of nitrogens with one attached hydrogen (secondary N) is 1. The summed E-state index contributed by atoms with van der Waals surface area (Å²) < 4.78 is 7.03. The molecular weight excluding hydrogens is 254 g/mol. The summed E-state index contributed by atoms with van der Waals surface area (Å²) >= 11 is 0. The van der Waals surface area contributed by atoms with E-state index in [1.54, 1.807) is 18.0 Å². The molecule has 1 atom stereocenters. The fourth-order valence-electron chi connectivity index (χ4n) is 2.02. The Hall–Kier alpha value is -2.30. The van der Waals surface area contributed by atoms with Crippen molar-refractivity contribution in [2.75, 3.05) is 7.11 Å². The van der Waals surface area contributed by atoms with Gasteiger partial charge in [-0.3, -0.25) is 9.48 Å². The number of carbonyl (C=O) groups is 1. The molecule has 0 spiro atoms. The average Bonchev–Trinajstić information content (AvgIpc) is 2.99. The van der Waals surface area contributed by atoms with E-state index in [0.29, 0.717) is 13.0 Å². The molecule has 1 N–H and O–H groups in total. The van der Waals surface area contributed by atoms with Crippen LogP contribution >= 0.6 is 0 Å². The highest BCUT2D eigenvalue weighted by molar-refractivity contribution is 5.76. The number of rotatable bonds is 6. The number of amides is 1. The van der Waals surface area contributed by atoms with Crippen LogP contribution in [0.2, 0.25) is 0 Å². The minimum Gasteiger partial charge on any atom is -0.496 e. The maximum Gasteiger partial charge on any atom is 0.222 e. The van der Waals surface area contributed by atoms with Crippen LogP contribution < -0.4 is 10.1 Å². The number of ether oxygens (including phenoxy) is 1. The molecule has 1 unspecified atom stereocenters. The lowest BCUT2D eigenvalue weighted by molar-refractivity contribution is -0.122. The normalized spacial score (nSPS) is 11.9. The van der Waals surface area contributed by atoms with Crippen molar-refractivity contribution in [3.63, 3.8) is 0 Å². The number of hydrogen-bond donors (Lipinski definition) is 1. The first-order valence-corrected chi connectivity index (χ1v) is 6.58. The molecule has 1 heterocycles. The van der Waals surface area contributed by atoms with E-state index in [0.717, 1.165) is 11.3 Å². The largest absolute Gasteiger partial charge is 0.496 e. The molecule has 2 rings (SSSR count). The van der Waals surface area contributed by atoms with Crippen LogP contribution in [0.3, 0.4) is 0 Å². The molecule has 1 amide bonds. The molecule has 0 aliphatic carbocycles. The number of carbonyl (C=O) groups excluding carboxylic acids is 1. The van der Waals surface area contributed by atoms with E-state index < -0.39 is 0 Å². The van der Waals surface area contributed by atoms with Gasteiger partial charge < -0.3 is 10.1 Å². The van der Waals surface area contributed by atoms with Crippen LogP contribution in [0.1, 0.15) is 24.9 Å². The van der Waals surface area contributed by atoms with Crippen LogP contribution in [-0.4, -0.2) is 22.8 Å². The predicted octanol–water partition coefficient (Wildman–Crippen LogP) is 2.16. The Bertz CT molecular complexity index is 552. The number of methoxy groups -OCH3 is 1. The SMILES string of the molecule is COc1ccccc1CNC(=O)CC(C)n1cccn1. The third kappa shape index (κ3) is 3.60. The van der Waals surface area contributed by atoms with Crippen LogP contribution in [0.25, 0.3) is 0 Å². The summed E-state index contributed by atoms with van der Waals surface area (Å²) in [4.78, 5) is 11.9. The van der Waals surface area contributed by atoms with Crippen LogP contribution in [0.15, 0.2) is 42.7 Å². The van der Waals surface area contributed by atoms with Gasteiger partial charge in [-0.1, -0.05) is 18.2 Å². The molecule has 0 aliphatic heterocycles. The summed E-state index contributed by atoms with van der Waals surface area (Å²) in [5, 5.41) is 7.04. The summed E-state index contributed by atoms with van der Waals surface area (Å²) in [6.45, 7) is 2.43. The van der Waals surface area contributed by atoms with Gasteiger partial charge >= 0.3 is 0 Å². The Kier molecular flexibility index (Phi) is 4.76. The van der Waals surface area contributed by atoms with E-state index in [1.807, 2.05) is 43.5 Å². The zero-order valence-electron chi connectivity index (χ0n) is 11.7. The van der Waals surface area contributed by atoms with E-state index in [-0.39, 0.29) is 11.9 Å². The Morgan fingerprint density at radius 3 is 2.90 bits per heavy atom. The quantitative estimate of drug-likeness (QED) is 0.877. The highest BCUT2D eigenvalue weighted by Gasteiger charge is 2.11. The molecule has 0 aliphatic rings. The molecular formula is C15H19N3O2. The first kappa shape index (κ1) is 14.1. The van der Waals surface area contributed by atoms with Gasteiger partial charge in [0.25, 0.3) is 0 Å². The van der Waals surface area contributed by atoms with E-state index in [1.165, 1.54) is 0 Å². The highest BCUT2D eigenvalue weighted by Crippen LogP contribution is 2.17. The molecule has 5 heteroatoms. The fourth-order valence-corrected chi connectivity index (χ4v) is 2.02. The van der Waals surface area contributed by atoms with Crippen molar-refractivity contribution in [2.24, 2.45) is 0 Å². The molecule has 0 saturated carbocycles. The number of benzene rings is 1. The lowest BCUT2D eigenvalue weighted by atomic mass is 10.2. The van der Waals surface area contributed by atoms with Crippen molar-refractivity contribution >= 4 is 5.91 Å². The van der Waals surface area contributed by atoms with Gasteiger partial charge in [-0.25, -0.2) is 0 Å². The second-order valence-electron chi connectivity index (χ2n) is 4.63. The van der Waals surface area contributed by atoms with Gasteiger partial charge in [0, 0.05) is 30.9 Å². The Balaban J connectivity index is 1.86. The standard InChI is InChI=1S/C15H19N3O2/c1-12(18-9-5-8-17-18)10-15(19)16-11-13-6-3-4-7-14(13)20-2/h3-9,12H,10-11H2,1-2H3,(H,16,19). The zero-order valence-corrected chi connectivity index (χ0v) is 11.7. The maximum absolute atomic E-state index is 11.9. The topological polar surface area (TPSA) is 56.1 Å². The summed E-state index contributed by atoms with van der Waals surface area (Å²) in [5.74, 6) is 0.784. The number of para-hydroxylation sites is 1. The third-order valence-corrected chi connectivity index (χ3v) is 3.13. The monoisotopic (exact) mass is 273 g/mol. The van der Waals surface area contributed by atoms with Gasteiger partial charge in [-0.2, -0.15) is 5.10 Å². The lowest BCUT2D eigenvalue weighted by Gasteiger charge is -2.13. The van der Waals surface area contributed by atoms with Crippen LogP contribution in [0.5, 0.6) is 5.75 Å². The molecule has 106 valence electrons. The van der Waals surface area contributed by atoms with Crippen LogP contribution in [-0.2, 0) is 11.3 Å². The minimum atomic E-state index is -0.00101. The predicted molar refractivity (Wildman–Crippen MR) is 76.4 cm³/mol. The highest BCUT2D eigenvalue weighted by atomic mass is 16.5. The van der Waals surface area contributed by atoms with Crippen molar-refractivity contribution in [3.05, 3.63) is 48.3 Å². The van der Waals surface area contributed by atoms with Gasteiger partial charge in [0.1, 0.15) is 5.75 Å². The molecule has 1 aromatic heterocycles. The van der Waals surface area contributed by atoms with Crippen LogP contribution in [0.4, 0.5) is 0 Å². The number of hydrogen-bond acceptors (Lipinski definition) is 3. The summed E-state index contributed by atoms with van der Waals surface area (Å²) in [7, 11) is 1.63. The first-order valence-electron chi connectivity index (χ1n) is 6.58. The number of aromatic nitrogens is 2. The third-order valence-electron chi connectivity index (χ3n) is 3.13. The molecule has 0 fully saturated rings. The van der Waals surface area contributed by atoms with E-state index >= 15 is 0 Å². The molecule has 0 bridgehead atoms. The maximum atomic E-state index is 11.9. The Labute approximate surface area is 118 Å². The smallest absolute Gasteiger partial charge is 0.222 e. The van der Waals surface area contributed by atoms with Gasteiger partial charge in [0.05, 0.1) is 13.2 Å². The molecule has 0 saturated heterocycles. The van der Waals surface area contributed by atoms with Crippen molar-refractivity contribution in [1.29, 1.82) is 0 Å². The summed E-state index contributed by atoms with van der Waals surface area (Å²) in [6.07, 6.45) is 3.97. The van der Waals surface area contributed by atoms with Gasteiger partial charge in [-0.15, -0.1) is 0 Å². The summed E-state index contributed by atoms with van der Waals surface area (Å²) in [6, 6.07) is 9.55. The fraction of sp³-hybridized carbons (Fsp3) is 0.333. The minimum absolute atomic E-state index is 0.00101. The second-order valence-corrected chi connectivity index (χ2v) is 4.63. The molecule has 20 heavy (non-hydrogen) atoms.